The Labute approximate surface area is 124 Å². The maximum Gasteiger partial charge on any atom is 0.225 e. The van der Waals surface area contributed by atoms with Gasteiger partial charge in [-0.25, -0.2) is 0 Å². The van der Waals surface area contributed by atoms with E-state index >= 15 is 0 Å². The number of carbonyl (C=O) groups is 1. The molecule has 1 N–H and O–H groups in total. The van der Waals surface area contributed by atoms with Crippen molar-refractivity contribution in [1.82, 2.24) is 5.32 Å². The van der Waals surface area contributed by atoms with Gasteiger partial charge in [-0.3, -0.25) is 4.79 Å². The molecule has 0 bridgehead atoms. The number of benzene rings is 1. The number of rotatable bonds is 6. The number of hydrogen-bond donors (Lipinski definition) is 1. The van der Waals surface area contributed by atoms with E-state index in [0.717, 1.165) is 5.56 Å². The van der Waals surface area contributed by atoms with Crippen molar-refractivity contribution in [3.63, 3.8) is 0 Å². The molecule has 0 saturated heterocycles. The van der Waals surface area contributed by atoms with Crippen molar-refractivity contribution >= 4 is 14.0 Å². The van der Waals surface area contributed by atoms with Crippen LogP contribution in [0.5, 0.6) is 0 Å². The smallest absolute Gasteiger partial charge is 0.225 e. The van der Waals surface area contributed by atoms with E-state index in [9.17, 15) is 4.79 Å². The minimum absolute atomic E-state index is 0.0438. The Balaban J connectivity index is 2.43. The van der Waals surface area contributed by atoms with E-state index < -0.39 is 8.07 Å². The van der Waals surface area contributed by atoms with Crippen molar-refractivity contribution in [2.45, 2.75) is 45.3 Å². The lowest BCUT2D eigenvalue weighted by atomic mass is 10.1. The lowest BCUT2D eigenvalue weighted by Crippen LogP contribution is -2.30. The third-order valence-corrected chi connectivity index (χ3v) is 8.73. The Kier molecular flexibility index (Phi) is 7.10. The predicted molar refractivity (Wildman–Crippen MR) is 88.1 cm³/mol. The molecule has 1 rings (SSSR count). The van der Waals surface area contributed by atoms with Gasteiger partial charge in [0.1, 0.15) is 8.07 Å². The topological polar surface area (TPSA) is 29.1 Å². The van der Waals surface area contributed by atoms with Crippen LogP contribution in [-0.4, -0.2) is 20.5 Å². The maximum absolute atomic E-state index is 11.8. The first kappa shape index (κ1) is 16.5. The molecule has 0 aliphatic rings. The van der Waals surface area contributed by atoms with E-state index in [0.29, 0.717) is 13.0 Å². The van der Waals surface area contributed by atoms with Gasteiger partial charge in [0.05, 0.1) is 13.0 Å². The fourth-order valence-corrected chi connectivity index (χ4v) is 4.73. The van der Waals surface area contributed by atoms with Crippen LogP contribution >= 0.6 is 0 Å². The van der Waals surface area contributed by atoms with Gasteiger partial charge in [-0.15, -0.1) is 5.54 Å². The van der Waals surface area contributed by atoms with E-state index in [1.165, 1.54) is 18.1 Å². The lowest BCUT2D eigenvalue weighted by Gasteiger charge is -2.20. The number of hydrogen-bond acceptors (Lipinski definition) is 1. The van der Waals surface area contributed by atoms with Crippen LogP contribution in [0.1, 0.15) is 26.3 Å². The standard InChI is InChI=1S/C17H25NOSi/c1-4-20(5-2,6-3)14-10-13-18-17(19)15-16-11-8-7-9-12-16/h7-9,11-12H,4-6,13,15H2,1-3H3,(H,18,19). The van der Waals surface area contributed by atoms with E-state index in [1.807, 2.05) is 30.3 Å². The normalized spacial score (nSPS) is 10.6. The SMILES string of the molecule is CC[Si](C#CCNC(=O)Cc1ccccc1)(CC)CC. The summed E-state index contributed by atoms with van der Waals surface area (Å²) < 4.78 is 0. The average Bonchev–Trinajstić information content (AvgIpc) is 2.49. The molecule has 0 radical (unpaired) electrons. The lowest BCUT2D eigenvalue weighted by molar-refractivity contribution is -0.120. The third kappa shape index (κ3) is 5.22. The molecular weight excluding hydrogens is 262 g/mol. The molecule has 0 fully saturated rings. The van der Waals surface area contributed by atoms with Crippen LogP contribution in [0, 0.1) is 11.5 Å². The van der Waals surface area contributed by atoms with Gasteiger partial charge in [0.25, 0.3) is 0 Å². The summed E-state index contributed by atoms with van der Waals surface area (Å²) in [6, 6.07) is 13.4. The molecule has 0 unspecified atom stereocenters. The second kappa shape index (κ2) is 8.60. The highest BCUT2D eigenvalue weighted by Gasteiger charge is 2.23. The summed E-state index contributed by atoms with van der Waals surface area (Å²) in [7, 11) is -1.38. The van der Waals surface area contributed by atoms with Crippen LogP contribution in [0.3, 0.4) is 0 Å². The number of carbonyl (C=O) groups excluding carboxylic acids is 1. The zero-order valence-corrected chi connectivity index (χ0v) is 13.8. The second-order valence-electron chi connectivity index (χ2n) is 5.08. The predicted octanol–water partition coefficient (Wildman–Crippen LogP) is 3.40. The molecular formula is C17H25NOSi. The summed E-state index contributed by atoms with van der Waals surface area (Å²) in [5, 5.41) is 2.89. The molecule has 0 aliphatic heterocycles. The molecule has 0 aliphatic carbocycles. The Morgan fingerprint density at radius 2 is 1.70 bits per heavy atom. The van der Waals surface area contributed by atoms with Crippen molar-refractivity contribution in [3.8, 4) is 11.5 Å². The molecule has 20 heavy (non-hydrogen) atoms. The van der Waals surface area contributed by atoms with Gasteiger partial charge in [-0.2, -0.15) is 0 Å². The first-order valence-electron chi connectivity index (χ1n) is 7.46. The molecule has 108 valence electrons. The zero-order valence-electron chi connectivity index (χ0n) is 12.8. The molecule has 1 aromatic rings. The zero-order chi connectivity index (χ0) is 14.8. The molecule has 1 amide bonds. The van der Waals surface area contributed by atoms with Gasteiger partial charge in [-0.05, 0) is 23.7 Å². The fourth-order valence-electron chi connectivity index (χ4n) is 2.23. The van der Waals surface area contributed by atoms with Gasteiger partial charge < -0.3 is 5.32 Å². The maximum atomic E-state index is 11.8. The minimum Gasteiger partial charge on any atom is -0.345 e. The van der Waals surface area contributed by atoms with Crippen LogP contribution in [0.25, 0.3) is 0 Å². The number of amides is 1. The summed E-state index contributed by atoms with van der Waals surface area (Å²) in [6.45, 7) is 7.19. The summed E-state index contributed by atoms with van der Waals surface area (Å²) in [4.78, 5) is 11.8. The third-order valence-electron chi connectivity index (χ3n) is 3.97. The van der Waals surface area contributed by atoms with E-state index in [-0.39, 0.29) is 5.91 Å². The first-order chi connectivity index (χ1) is 9.65. The van der Waals surface area contributed by atoms with Crippen LogP contribution in [0.15, 0.2) is 30.3 Å². The quantitative estimate of drug-likeness (QED) is 0.630. The summed E-state index contributed by atoms with van der Waals surface area (Å²) in [5.74, 6) is 3.22. The van der Waals surface area contributed by atoms with E-state index in [1.54, 1.807) is 0 Å². The van der Waals surface area contributed by atoms with Crippen LogP contribution in [-0.2, 0) is 11.2 Å². The molecule has 0 atom stereocenters. The Hall–Kier alpha value is -1.53. The molecule has 3 heteroatoms. The average molecular weight is 287 g/mol. The van der Waals surface area contributed by atoms with E-state index in [4.69, 9.17) is 0 Å². The summed E-state index contributed by atoms with van der Waals surface area (Å²) in [5.41, 5.74) is 4.51. The van der Waals surface area contributed by atoms with Gasteiger partial charge in [0, 0.05) is 0 Å². The Morgan fingerprint density at radius 3 is 2.25 bits per heavy atom. The fraction of sp³-hybridized carbons (Fsp3) is 0.471. The Bertz CT molecular complexity index is 460. The van der Waals surface area contributed by atoms with Crippen molar-refractivity contribution in [2.75, 3.05) is 6.54 Å². The molecule has 0 heterocycles. The molecule has 0 aromatic heterocycles. The van der Waals surface area contributed by atoms with Gasteiger partial charge >= 0.3 is 0 Å². The molecule has 0 spiro atoms. The van der Waals surface area contributed by atoms with Gasteiger partial charge in [-0.1, -0.05) is 57.0 Å². The van der Waals surface area contributed by atoms with Crippen molar-refractivity contribution in [2.24, 2.45) is 0 Å². The van der Waals surface area contributed by atoms with Crippen LogP contribution in [0.4, 0.5) is 0 Å². The van der Waals surface area contributed by atoms with Crippen LogP contribution < -0.4 is 5.32 Å². The van der Waals surface area contributed by atoms with Gasteiger partial charge in [0.2, 0.25) is 5.91 Å². The van der Waals surface area contributed by atoms with Crippen molar-refractivity contribution in [1.29, 1.82) is 0 Å². The van der Waals surface area contributed by atoms with E-state index in [2.05, 4.69) is 37.6 Å². The monoisotopic (exact) mass is 287 g/mol. The highest BCUT2D eigenvalue weighted by atomic mass is 28.3. The molecule has 1 aromatic carbocycles. The van der Waals surface area contributed by atoms with Crippen LogP contribution in [0.2, 0.25) is 18.1 Å². The minimum atomic E-state index is -1.38. The summed E-state index contributed by atoms with van der Waals surface area (Å²) in [6.07, 6.45) is 0.431. The molecule has 2 nitrogen and oxygen atoms in total. The van der Waals surface area contributed by atoms with Gasteiger partial charge in [0.15, 0.2) is 0 Å². The highest BCUT2D eigenvalue weighted by Crippen LogP contribution is 2.18. The van der Waals surface area contributed by atoms with Crippen molar-refractivity contribution < 1.29 is 4.79 Å². The highest BCUT2D eigenvalue weighted by molar-refractivity contribution is 6.87. The largest absolute Gasteiger partial charge is 0.345 e. The van der Waals surface area contributed by atoms with Crippen molar-refractivity contribution in [3.05, 3.63) is 35.9 Å². The number of nitrogens with one attached hydrogen (secondary N) is 1. The Morgan fingerprint density at radius 1 is 1.10 bits per heavy atom. The second-order valence-corrected chi connectivity index (χ2v) is 10.0. The first-order valence-corrected chi connectivity index (χ1v) is 10.1. The molecule has 0 saturated carbocycles. The summed E-state index contributed by atoms with van der Waals surface area (Å²) >= 11 is 0.